The van der Waals surface area contributed by atoms with Gasteiger partial charge in [0.2, 0.25) is 0 Å². The van der Waals surface area contributed by atoms with Crippen molar-refractivity contribution in [2.24, 2.45) is 11.8 Å². The number of nitrogens with zero attached hydrogens (tertiary/aromatic N) is 2. The highest BCUT2D eigenvalue weighted by atomic mass is 35.5. The van der Waals surface area contributed by atoms with Crippen molar-refractivity contribution in [3.8, 4) is 0 Å². The Morgan fingerprint density at radius 2 is 1.76 bits per heavy atom. The van der Waals surface area contributed by atoms with Crippen molar-refractivity contribution in [1.82, 2.24) is 4.90 Å². The minimum atomic E-state index is -0.528. The Hall–Kier alpha value is -1.62. The van der Waals surface area contributed by atoms with E-state index in [4.69, 9.17) is 11.6 Å². The molecule has 0 fully saturated rings. The van der Waals surface area contributed by atoms with Crippen LogP contribution in [0.5, 0.6) is 0 Å². The number of amides is 1. The van der Waals surface area contributed by atoms with Crippen molar-refractivity contribution >= 4 is 23.2 Å². The summed E-state index contributed by atoms with van der Waals surface area (Å²) >= 11 is 6.03. The molecule has 0 aliphatic heterocycles. The lowest BCUT2D eigenvalue weighted by Crippen LogP contribution is -2.37. The van der Waals surface area contributed by atoms with E-state index in [9.17, 15) is 14.9 Å². The molecule has 0 heterocycles. The second kappa shape index (κ2) is 7.41. The number of rotatable bonds is 6. The Morgan fingerprint density at radius 3 is 2.14 bits per heavy atom. The number of non-ortho nitro benzene ring substituents is 1. The quantitative estimate of drug-likeness (QED) is 0.589. The third-order valence-corrected chi connectivity index (χ3v) is 3.16. The largest absolute Gasteiger partial charge is 0.338 e. The van der Waals surface area contributed by atoms with Crippen molar-refractivity contribution in [3.05, 3.63) is 38.9 Å². The number of carbonyl (C=O) groups is 1. The fourth-order valence-electron chi connectivity index (χ4n) is 2.08. The zero-order valence-electron chi connectivity index (χ0n) is 12.8. The van der Waals surface area contributed by atoms with Crippen LogP contribution in [0.4, 0.5) is 5.69 Å². The van der Waals surface area contributed by atoms with Crippen LogP contribution in [0.25, 0.3) is 0 Å². The van der Waals surface area contributed by atoms with Crippen LogP contribution in [-0.4, -0.2) is 28.8 Å². The molecule has 0 radical (unpaired) electrons. The van der Waals surface area contributed by atoms with Gasteiger partial charge < -0.3 is 4.90 Å². The molecule has 0 aromatic heterocycles. The summed E-state index contributed by atoms with van der Waals surface area (Å²) in [4.78, 5) is 24.5. The van der Waals surface area contributed by atoms with Gasteiger partial charge in [-0.15, -0.1) is 0 Å². The van der Waals surface area contributed by atoms with Crippen LogP contribution in [0.2, 0.25) is 5.02 Å². The highest BCUT2D eigenvalue weighted by Gasteiger charge is 2.21. The van der Waals surface area contributed by atoms with E-state index in [1.54, 1.807) is 4.90 Å². The highest BCUT2D eigenvalue weighted by molar-refractivity contribution is 6.34. The van der Waals surface area contributed by atoms with Gasteiger partial charge in [-0.25, -0.2) is 0 Å². The summed E-state index contributed by atoms with van der Waals surface area (Å²) in [6.45, 7) is 9.42. The standard InChI is InChI=1S/C15H21ClN2O3/c1-10(2)8-17(9-11(3)4)15(19)13-6-5-12(18(20)21)7-14(13)16/h5-7,10-11H,8-9H2,1-4H3. The summed E-state index contributed by atoms with van der Waals surface area (Å²) in [5, 5.41) is 10.8. The number of hydrogen-bond donors (Lipinski definition) is 0. The number of hydrogen-bond acceptors (Lipinski definition) is 3. The molecule has 0 atom stereocenters. The Morgan fingerprint density at radius 1 is 1.24 bits per heavy atom. The number of carbonyl (C=O) groups excluding carboxylic acids is 1. The van der Waals surface area contributed by atoms with E-state index >= 15 is 0 Å². The number of halogens is 1. The van der Waals surface area contributed by atoms with E-state index in [-0.39, 0.29) is 16.6 Å². The molecule has 0 aliphatic carbocycles. The Kier molecular flexibility index (Phi) is 6.15. The maximum absolute atomic E-state index is 12.6. The fraction of sp³-hybridized carbons (Fsp3) is 0.533. The predicted molar refractivity (Wildman–Crippen MR) is 83.7 cm³/mol. The van der Waals surface area contributed by atoms with Gasteiger partial charge in [-0.3, -0.25) is 14.9 Å². The van der Waals surface area contributed by atoms with Crippen LogP contribution in [-0.2, 0) is 0 Å². The minimum Gasteiger partial charge on any atom is -0.338 e. The van der Waals surface area contributed by atoms with Crippen LogP contribution < -0.4 is 0 Å². The lowest BCUT2D eigenvalue weighted by atomic mass is 10.1. The molecular weight excluding hydrogens is 292 g/mol. The van der Waals surface area contributed by atoms with E-state index < -0.39 is 4.92 Å². The molecule has 0 spiro atoms. The van der Waals surface area contributed by atoms with Gasteiger partial charge in [0.15, 0.2) is 0 Å². The third kappa shape index (κ3) is 5.01. The van der Waals surface area contributed by atoms with Gasteiger partial charge in [-0.2, -0.15) is 0 Å². The topological polar surface area (TPSA) is 63.5 Å². The molecule has 1 rings (SSSR count). The molecule has 116 valence electrons. The summed E-state index contributed by atoms with van der Waals surface area (Å²) in [6, 6.07) is 3.95. The first-order valence-corrected chi connectivity index (χ1v) is 7.33. The highest BCUT2D eigenvalue weighted by Crippen LogP contribution is 2.24. The number of benzene rings is 1. The summed E-state index contributed by atoms with van der Waals surface area (Å²) in [7, 11) is 0. The normalized spacial score (nSPS) is 11.0. The SMILES string of the molecule is CC(C)CN(CC(C)C)C(=O)c1ccc([N+](=O)[O-])cc1Cl. The monoisotopic (exact) mass is 312 g/mol. The fourth-order valence-corrected chi connectivity index (χ4v) is 2.34. The van der Waals surface area contributed by atoms with E-state index in [0.717, 1.165) is 0 Å². The molecule has 0 saturated heterocycles. The van der Waals surface area contributed by atoms with Gasteiger partial charge in [-0.1, -0.05) is 39.3 Å². The smallest absolute Gasteiger partial charge is 0.270 e. The second-order valence-corrected chi connectivity index (χ2v) is 6.33. The minimum absolute atomic E-state index is 0.115. The van der Waals surface area contributed by atoms with E-state index in [0.29, 0.717) is 30.5 Å². The van der Waals surface area contributed by atoms with E-state index in [1.807, 2.05) is 27.7 Å². The van der Waals surface area contributed by atoms with Gasteiger partial charge in [0, 0.05) is 25.2 Å². The van der Waals surface area contributed by atoms with E-state index in [2.05, 4.69) is 0 Å². The average molecular weight is 313 g/mol. The van der Waals surface area contributed by atoms with Crippen molar-refractivity contribution in [3.63, 3.8) is 0 Å². The van der Waals surface area contributed by atoms with Crippen molar-refractivity contribution in [2.75, 3.05) is 13.1 Å². The summed E-state index contributed by atoms with van der Waals surface area (Å²) in [5.41, 5.74) is 0.194. The molecule has 1 aromatic carbocycles. The molecule has 21 heavy (non-hydrogen) atoms. The first kappa shape index (κ1) is 17.4. The Balaban J connectivity index is 3.05. The Bertz CT molecular complexity index is 520. The molecule has 1 amide bonds. The summed E-state index contributed by atoms with van der Waals surface area (Å²) in [5.74, 6) is 0.492. The molecule has 5 nitrogen and oxygen atoms in total. The van der Waals surface area contributed by atoms with Crippen molar-refractivity contribution < 1.29 is 9.72 Å². The predicted octanol–water partition coefficient (Wildman–Crippen LogP) is 4.00. The summed E-state index contributed by atoms with van der Waals surface area (Å²) in [6.07, 6.45) is 0. The van der Waals surface area contributed by atoms with Gasteiger partial charge in [0.25, 0.3) is 11.6 Å². The molecular formula is C15H21ClN2O3. The number of nitro benzene ring substituents is 1. The molecule has 1 aromatic rings. The maximum atomic E-state index is 12.6. The molecule has 0 aliphatic rings. The molecule has 0 saturated carbocycles. The average Bonchev–Trinajstić information content (AvgIpc) is 2.35. The third-order valence-electron chi connectivity index (χ3n) is 2.85. The zero-order chi connectivity index (χ0) is 16.2. The van der Waals surface area contributed by atoms with Crippen LogP contribution >= 0.6 is 11.6 Å². The lowest BCUT2D eigenvalue weighted by Gasteiger charge is -2.26. The molecule has 0 unspecified atom stereocenters. The Labute approximate surface area is 130 Å². The van der Waals surface area contributed by atoms with Gasteiger partial charge in [0.05, 0.1) is 15.5 Å². The van der Waals surface area contributed by atoms with Crippen LogP contribution in [0, 0.1) is 22.0 Å². The zero-order valence-corrected chi connectivity index (χ0v) is 13.6. The van der Waals surface area contributed by atoms with Crippen LogP contribution in [0.15, 0.2) is 18.2 Å². The van der Waals surface area contributed by atoms with E-state index in [1.165, 1.54) is 18.2 Å². The summed E-state index contributed by atoms with van der Waals surface area (Å²) < 4.78 is 0. The first-order chi connectivity index (χ1) is 9.72. The number of nitro groups is 1. The molecule has 6 heteroatoms. The molecule has 0 N–H and O–H groups in total. The van der Waals surface area contributed by atoms with Gasteiger partial charge in [-0.05, 0) is 17.9 Å². The van der Waals surface area contributed by atoms with Crippen molar-refractivity contribution in [2.45, 2.75) is 27.7 Å². The lowest BCUT2D eigenvalue weighted by molar-refractivity contribution is -0.384. The second-order valence-electron chi connectivity index (χ2n) is 5.92. The van der Waals surface area contributed by atoms with Crippen LogP contribution in [0.1, 0.15) is 38.1 Å². The van der Waals surface area contributed by atoms with Gasteiger partial charge >= 0.3 is 0 Å². The van der Waals surface area contributed by atoms with Gasteiger partial charge in [0.1, 0.15) is 0 Å². The molecule has 0 bridgehead atoms. The van der Waals surface area contributed by atoms with Crippen molar-refractivity contribution in [1.29, 1.82) is 0 Å². The maximum Gasteiger partial charge on any atom is 0.270 e. The first-order valence-electron chi connectivity index (χ1n) is 6.95. The van der Waals surface area contributed by atoms with Crippen LogP contribution in [0.3, 0.4) is 0 Å².